The number of thiazole rings is 1. The lowest BCUT2D eigenvalue weighted by molar-refractivity contribution is -0.141. The molecular weight excluding hydrogens is 1080 g/mol. The number of aryl methyl sites for hydroxylation is 1. The average molecular weight is 1150 g/mol. The monoisotopic (exact) mass is 1150 g/mol. The number of hydrogen-bond donors (Lipinski definition) is 3. The minimum absolute atomic E-state index is 0.00299. The van der Waals surface area contributed by atoms with Crippen LogP contribution in [0.25, 0.3) is 43.2 Å². The quantitative estimate of drug-likeness (QED) is 0.0545. The molecule has 2 aliphatic heterocycles. The van der Waals surface area contributed by atoms with Gasteiger partial charge in [-0.05, 0) is 76.5 Å². The number of carbonyl (C=O) groups excluding carboxylic acids is 4. The van der Waals surface area contributed by atoms with Crippen molar-refractivity contribution < 1.29 is 47.8 Å². The number of fused-ring (bicyclic) bond motifs is 2. The van der Waals surface area contributed by atoms with Crippen LogP contribution < -0.4 is 19.9 Å². The zero-order valence-corrected chi connectivity index (χ0v) is 47.9. The average Bonchev–Trinajstić information content (AvgIpc) is 4.09. The van der Waals surface area contributed by atoms with Crippen molar-refractivity contribution in [3.8, 4) is 33.2 Å². The summed E-state index contributed by atoms with van der Waals surface area (Å²) in [5, 5.41) is 30.4. The molecule has 0 unspecified atom stereocenters. The summed E-state index contributed by atoms with van der Waals surface area (Å²) in [4.78, 5) is 76.9. The molecule has 81 heavy (non-hydrogen) atoms. The number of ether oxygens (including phenoxy) is 2. The first-order valence-electron chi connectivity index (χ1n) is 27.3. The standard InChI is InChI=1S/C59H68ClFN10O9S/c1-35(2)51(58(77)71-33-42(74)29-47(71)57(76)62-32-38-13-15-39(16-14-38)55-36(3)63-34-81-55)48-31-49(66-80-48)79-25-10-9-24-78-26-23-70(18-17-50(75)67(5)6)59-64-54-45(56(65-59)69-21-19-68(20-22-69)37(4)72)30-46(60)52(53(54)61)44-28-41(73)27-40-11-7-8-12-43(40)44/h7-8,11-16,27-28,30-31,34-35,42,47,51,73-74H,9-10,17-26,29,32-33H2,1-6H3,(H,62,76)/t42-,47+,51+/m1/s1. The minimum atomic E-state index is -0.867. The van der Waals surface area contributed by atoms with Crippen LogP contribution in [0, 0.1) is 18.7 Å². The molecule has 0 radical (unpaired) electrons. The van der Waals surface area contributed by atoms with Crippen LogP contribution in [-0.2, 0) is 30.5 Å². The molecule has 0 aliphatic carbocycles. The number of nitrogens with one attached hydrogen (secondary N) is 1. The van der Waals surface area contributed by atoms with E-state index in [9.17, 15) is 29.4 Å². The number of aromatic hydroxyl groups is 1. The number of halogens is 2. The number of phenolic OH excluding ortho intramolecular Hbond substituents is 1. The van der Waals surface area contributed by atoms with Gasteiger partial charge >= 0.3 is 0 Å². The third-order valence-corrected chi connectivity index (χ3v) is 16.1. The van der Waals surface area contributed by atoms with Crippen LogP contribution in [0.1, 0.15) is 69.4 Å². The minimum Gasteiger partial charge on any atom is -0.508 e. The van der Waals surface area contributed by atoms with E-state index in [1.807, 2.05) is 79.7 Å². The van der Waals surface area contributed by atoms with Gasteiger partial charge in [-0.2, -0.15) is 4.98 Å². The first-order chi connectivity index (χ1) is 38.9. The number of nitrogens with zero attached hydrogens (tertiary/aromatic N) is 9. The molecule has 3 aromatic heterocycles. The van der Waals surface area contributed by atoms with Crippen molar-refractivity contribution in [2.75, 3.05) is 89.5 Å². The number of aliphatic hydroxyl groups is 1. The summed E-state index contributed by atoms with van der Waals surface area (Å²) in [5.41, 5.74) is 5.18. The zero-order chi connectivity index (χ0) is 57.5. The van der Waals surface area contributed by atoms with Gasteiger partial charge in [0.1, 0.15) is 29.0 Å². The number of phenols is 1. The molecule has 0 saturated carbocycles. The van der Waals surface area contributed by atoms with Crippen LogP contribution in [0.3, 0.4) is 0 Å². The van der Waals surface area contributed by atoms with Gasteiger partial charge in [-0.3, -0.25) is 19.2 Å². The summed E-state index contributed by atoms with van der Waals surface area (Å²) in [5.74, 6) is -1.56. The summed E-state index contributed by atoms with van der Waals surface area (Å²) in [6.07, 6.45) is 0.550. The smallest absolute Gasteiger partial charge is 0.254 e. The molecule has 2 saturated heterocycles. The highest BCUT2D eigenvalue weighted by Crippen LogP contribution is 2.43. The Bertz CT molecular complexity index is 3390. The Balaban J connectivity index is 0.827. The molecule has 19 nitrogen and oxygen atoms in total. The predicted octanol–water partition coefficient (Wildman–Crippen LogP) is 8.21. The van der Waals surface area contributed by atoms with E-state index in [0.29, 0.717) is 73.2 Å². The Morgan fingerprint density at radius 3 is 2.42 bits per heavy atom. The van der Waals surface area contributed by atoms with Crippen LogP contribution in [-0.4, -0.2) is 161 Å². The number of hydrogen-bond acceptors (Lipinski definition) is 16. The van der Waals surface area contributed by atoms with Crippen LogP contribution in [0.2, 0.25) is 5.02 Å². The molecule has 7 aromatic rings. The van der Waals surface area contributed by atoms with E-state index in [4.69, 9.17) is 35.6 Å². The summed E-state index contributed by atoms with van der Waals surface area (Å²) in [6.45, 7) is 10.5. The number of β-amino-alcohol motifs (C(OH)–C–C–N with tert-alkyl or cyclic N) is 1. The maximum Gasteiger partial charge on any atom is 0.254 e. The van der Waals surface area contributed by atoms with Crippen molar-refractivity contribution in [3.05, 3.63) is 106 Å². The molecule has 4 amide bonds. The van der Waals surface area contributed by atoms with Gasteiger partial charge in [0.15, 0.2) is 11.6 Å². The van der Waals surface area contributed by atoms with E-state index < -0.39 is 23.9 Å². The number of aliphatic hydroxyl groups excluding tert-OH is 1. The fourth-order valence-electron chi connectivity index (χ4n) is 10.4. The first-order valence-corrected chi connectivity index (χ1v) is 28.5. The molecule has 9 rings (SSSR count). The normalized spacial score (nSPS) is 15.9. The van der Waals surface area contributed by atoms with E-state index in [1.54, 1.807) is 53.4 Å². The molecule has 4 aromatic carbocycles. The van der Waals surface area contributed by atoms with Crippen LogP contribution >= 0.6 is 22.9 Å². The summed E-state index contributed by atoms with van der Waals surface area (Å²) in [7, 11) is 3.35. The van der Waals surface area contributed by atoms with Crippen molar-refractivity contribution in [2.24, 2.45) is 5.92 Å². The molecule has 428 valence electrons. The Labute approximate surface area is 478 Å². The molecule has 2 fully saturated rings. The highest BCUT2D eigenvalue weighted by atomic mass is 35.5. The second-order valence-corrected chi connectivity index (χ2v) is 22.3. The van der Waals surface area contributed by atoms with Gasteiger partial charge in [0, 0.05) is 110 Å². The van der Waals surface area contributed by atoms with Crippen LogP contribution in [0.5, 0.6) is 11.6 Å². The van der Waals surface area contributed by atoms with Crippen molar-refractivity contribution in [1.82, 2.24) is 40.1 Å². The largest absolute Gasteiger partial charge is 0.508 e. The Kier molecular flexibility index (Phi) is 18.7. The molecule has 0 bridgehead atoms. The van der Waals surface area contributed by atoms with E-state index in [0.717, 1.165) is 21.7 Å². The lowest BCUT2D eigenvalue weighted by Crippen LogP contribution is -2.48. The van der Waals surface area contributed by atoms with Gasteiger partial charge in [-0.25, -0.2) is 14.4 Å². The van der Waals surface area contributed by atoms with E-state index >= 15 is 4.39 Å². The molecule has 22 heteroatoms. The van der Waals surface area contributed by atoms with E-state index in [2.05, 4.69) is 15.5 Å². The fraction of sp³-hybridized carbons (Fsp3) is 0.424. The number of amides is 4. The lowest BCUT2D eigenvalue weighted by atomic mass is 9.91. The van der Waals surface area contributed by atoms with Gasteiger partial charge in [-0.1, -0.05) is 74.0 Å². The number of piperazine rings is 1. The second kappa shape index (κ2) is 26.0. The zero-order valence-electron chi connectivity index (χ0n) is 46.4. The highest BCUT2D eigenvalue weighted by Gasteiger charge is 2.43. The molecular formula is C59H68ClFN10O9S. The summed E-state index contributed by atoms with van der Waals surface area (Å²) < 4.78 is 35.2. The van der Waals surface area contributed by atoms with Gasteiger partial charge < -0.3 is 54.0 Å². The SMILES string of the molecule is CC(=O)N1CCN(c2nc(N(CCOCCCCOc3cc([C@@H](C(=O)N4C[C@H](O)C[C@H]4C(=O)NCc4ccc(-c5scnc5C)cc4)C(C)C)on3)CCC(=O)N(C)C)nc3c(F)c(-c4cc(O)cc5ccccc45)c(Cl)cc23)CC1. The summed E-state index contributed by atoms with van der Waals surface area (Å²) in [6, 6.07) is 20.7. The fourth-order valence-corrected chi connectivity index (χ4v) is 11.5. The highest BCUT2D eigenvalue weighted by molar-refractivity contribution is 7.13. The van der Waals surface area contributed by atoms with E-state index in [-0.39, 0.29) is 121 Å². The van der Waals surface area contributed by atoms with Crippen molar-refractivity contribution >= 4 is 80.0 Å². The molecule has 2 aliphatic rings. The maximum atomic E-state index is 17.4. The molecule has 3 N–H and O–H groups in total. The Morgan fingerprint density at radius 1 is 0.951 bits per heavy atom. The Morgan fingerprint density at radius 2 is 1.70 bits per heavy atom. The van der Waals surface area contributed by atoms with Crippen LogP contribution in [0.15, 0.2) is 82.8 Å². The maximum absolute atomic E-state index is 17.4. The molecule has 5 heterocycles. The Hall–Kier alpha value is -7.46. The molecule has 3 atom stereocenters. The number of rotatable bonds is 22. The number of anilines is 2. The van der Waals surface area contributed by atoms with Crippen molar-refractivity contribution in [1.29, 1.82) is 0 Å². The topological polar surface area (TPSA) is 220 Å². The van der Waals surface area contributed by atoms with Crippen LogP contribution in [0.4, 0.5) is 16.2 Å². The van der Waals surface area contributed by atoms with Crippen molar-refractivity contribution in [3.63, 3.8) is 0 Å². The number of likely N-dealkylation sites (tertiary alicyclic amines) is 1. The second-order valence-electron chi connectivity index (χ2n) is 21.1. The molecule has 0 spiro atoms. The van der Waals surface area contributed by atoms with Gasteiger partial charge in [-0.15, -0.1) is 11.3 Å². The third kappa shape index (κ3) is 13.5. The van der Waals surface area contributed by atoms with E-state index in [1.165, 1.54) is 22.8 Å². The lowest BCUT2D eigenvalue weighted by Gasteiger charge is -2.36. The predicted molar refractivity (Wildman–Crippen MR) is 309 cm³/mol. The van der Waals surface area contributed by atoms with Crippen molar-refractivity contribution in [2.45, 2.75) is 78.0 Å². The number of benzene rings is 4. The first kappa shape index (κ1) is 58.2. The summed E-state index contributed by atoms with van der Waals surface area (Å²) >= 11 is 8.56. The number of unbranched alkanes of at least 4 members (excludes halogenated alkanes) is 1. The number of carbonyl (C=O) groups is 4. The number of aromatic nitrogens is 4. The van der Waals surface area contributed by atoms with Gasteiger partial charge in [0.25, 0.3) is 5.88 Å². The van der Waals surface area contributed by atoms with Gasteiger partial charge in [0.2, 0.25) is 29.6 Å². The third-order valence-electron chi connectivity index (χ3n) is 14.8. The van der Waals surface area contributed by atoms with Gasteiger partial charge in [0.05, 0.1) is 40.4 Å².